The van der Waals surface area contributed by atoms with E-state index in [0.717, 1.165) is 0 Å². The van der Waals surface area contributed by atoms with Crippen LogP contribution in [0.25, 0.3) is 0 Å². The molecular formula is C14H20Cl3NO6. The van der Waals surface area contributed by atoms with Crippen LogP contribution in [-0.2, 0) is 28.5 Å². The molecule has 7 nitrogen and oxygen atoms in total. The molecule has 1 heterocycles. The van der Waals surface area contributed by atoms with Crippen molar-refractivity contribution in [2.45, 2.75) is 62.5 Å². The number of carbonyl (C=O) groups excluding carboxylic acids is 2. The predicted molar refractivity (Wildman–Crippen MR) is 88.3 cm³/mol. The van der Waals surface area contributed by atoms with Crippen molar-refractivity contribution in [3.63, 3.8) is 0 Å². The van der Waals surface area contributed by atoms with Crippen LogP contribution in [0.2, 0.25) is 0 Å². The number of ether oxygens (including phenoxy) is 4. The Morgan fingerprint density at radius 3 is 2.00 bits per heavy atom. The van der Waals surface area contributed by atoms with Crippen molar-refractivity contribution in [3.05, 3.63) is 0 Å². The van der Waals surface area contributed by atoms with Gasteiger partial charge in [0.15, 0.2) is 0 Å². The van der Waals surface area contributed by atoms with Crippen molar-refractivity contribution >= 4 is 52.6 Å². The molecule has 0 radical (unpaired) electrons. The summed E-state index contributed by atoms with van der Waals surface area (Å²) in [5, 5.41) is 7.68. The Bertz CT molecular complexity index is 495. The molecule has 0 aromatic heterocycles. The molecule has 1 rings (SSSR count). The topological polar surface area (TPSA) is 94.9 Å². The molecule has 0 amide bonds. The summed E-state index contributed by atoms with van der Waals surface area (Å²) in [5.74, 6) is -2.14. The second-order valence-electron chi connectivity index (χ2n) is 5.40. The lowest BCUT2D eigenvalue weighted by atomic mass is 9.89. The van der Waals surface area contributed by atoms with Gasteiger partial charge in [-0.1, -0.05) is 48.7 Å². The number of hydrogen-bond donors (Lipinski definition) is 1. The van der Waals surface area contributed by atoms with Crippen LogP contribution >= 0.6 is 34.8 Å². The monoisotopic (exact) mass is 403 g/mol. The van der Waals surface area contributed by atoms with Gasteiger partial charge < -0.3 is 18.9 Å². The van der Waals surface area contributed by atoms with Crippen LogP contribution in [0.4, 0.5) is 0 Å². The van der Waals surface area contributed by atoms with Crippen LogP contribution < -0.4 is 0 Å². The Morgan fingerprint density at radius 2 is 1.58 bits per heavy atom. The molecule has 0 aromatic rings. The minimum Gasteiger partial charge on any atom is -0.458 e. The molecule has 138 valence electrons. The quantitative estimate of drug-likeness (QED) is 0.335. The van der Waals surface area contributed by atoms with Crippen LogP contribution in [0.1, 0.15) is 34.1 Å². The van der Waals surface area contributed by atoms with Gasteiger partial charge in [0.05, 0.1) is 6.10 Å². The smallest absolute Gasteiger partial charge is 0.303 e. The molecule has 0 aliphatic carbocycles. The standard InChI is InChI=1S/C14H20Cl3NO6/c1-5-9-6(2)10(21-7(3)19)11(22-8(4)20)12(23-9)24-13(18)14(15,16)17/h6,9-12,18H,5H2,1-4H3/t6-,9-,10+,11-,12+/m1/s1. The highest BCUT2D eigenvalue weighted by atomic mass is 35.6. The minimum absolute atomic E-state index is 0.273. The van der Waals surface area contributed by atoms with Gasteiger partial charge in [0, 0.05) is 19.8 Å². The van der Waals surface area contributed by atoms with Gasteiger partial charge in [-0.3, -0.25) is 15.0 Å². The summed E-state index contributed by atoms with van der Waals surface area (Å²) in [6.45, 7) is 6.11. The second-order valence-corrected chi connectivity index (χ2v) is 7.68. The van der Waals surface area contributed by atoms with Gasteiger partial charge in [-0.25, -0.2) is 0 Å². The summed E-state index contributed by atoms with van der Waals surface area (Å²) in [5.41, 5.74) is 0. The van der Waals surface area contributed by atoms with Crippen molar-refractivity contribution in [3.8, 4) is 0 Å². The largest absolute Gasteiger partial charge is 0.458 e. The lowest BCUT2D eigenvalue weighted by molar-refractivity contribution is -0.270. The van der Waals surface area contributed by atoms with E-state index in [1.165, 1.54) is 13.8 Å². The van der Waals surface area contributed by atoms with E-state index in [2.05, 4.69) is 0 Å². The van der Waals surface area contributed by atoms with E-state index >= 15 is 0 Å². The van der Waals surface area contributed by atoms with Gasteiger partial charge in [-0.2, -0.15) is 0 Å². The first-order valence-corrected chi connectivity index (χ1v) is 8.43. The second kappa shape index (κ2) is 8.56. The molecule has 24 heavy (non-hydrogen) atoms. The number of hydrogen-bond acceptors (Lipinski definition) is 7. The summed E-state index contributed by atoms with van der Waals surface area (Å²) >= 11 is 16.8. The van der Waals surface area contributed by atoms with E-state index in [1.807, 2.05) is 6.92 Å². The number of carbonyl (C=O) groups is 2. The van der Waals surface area contributed by atoms with Crippen molar-refractivity contribution in [2.24, 2.45) is 5.92 Å². The normalized spacial score (nSPS) is 30.4. The van der Waals surface area contributed by atoms with Crippen LogP contribution in [0.3, 0.4) is 0 Å². The molecule has 1 N–H and O–H groups in total. The van der Waals surface area contributed by atoms with E-state index in [9.17, 15) is 9.59 Å². The molecule has 5 atom stereocenters. The minimum atomic E-state index is -2.11. The van der Waals surface area contributed by atoms with Crippen molar-refractivity contribution in [1.82, 2.24) is 0 Å². The number of alkyl halides is 3. The first kappa shape index (κ1) is 21.3. The third kappa shape index (κ3) is 5.65. The zero-order valence-corrected chi connectivity index (χ0v) is 15.9. The first-order valence-electron chi connectivity index (χ1n) is 7.29. The molecule has 1 fully saturated rings. The predicted octanol–water partition coefficient (Wildman–Crippen LogP) is 2.98. The molecule has 0 saturated carbocycles. The molecule has 0 unspecified atom stereocenters. The highest BCUT2D eigenvalue weighted by molar-refractivity contribution is 6.76. The summed E-state index contributed by atoms with van der Waals surface area (Å²) in [7, 11) is 0. The third-order valence-electron chi connectivity index (χ3n) is 3.50. The highest BCUT2D eigenvalue weighted by Gasteiger charge is 2.49. The fraction of sp³-hybridized carbons (Fsp3) is 0.786. The highest BCUT2D eigenvalue weighted by Crippen LogP contribution is 2.35. The van der Waals surface area contributed by atoms with E-state index in [4.69, 9.17) is 59.2 Å². The zero-order valence-electron chi connectivity index (χ0n) is 13.7. The van der Waals surface area contributed by atoms with Crippen molar-refractivity contribution < 1.29 is 28.5 Å². The molecular weight excluding hydrogens is 385 g/mol. The lowest BCUT2D eigenvalue weighted by Crippen LogP contribution is -2.58. The summed E-state index contributed by atoms with van der Waals surface area (Å²) < 4.78 is 19.4. The average molecular weight is 405 g/mol. The number of halogens is 3. The maximum absolute atomic E-state index is 11.4. The lowest BCUT2D eigenvalue weighted by Gasteiger charge is -2.44. The van der Waals surface area contributed by atoms with Crippen molar-refractivity contribution in [2.75, 3.05) is 0 Å². The average Bonchev–Trinajstić information content (AvgIpc) is 2.43. The Morgan fingerprint density at radius 1 is 1.08 bits per heavy atom. The summed E-state index contributed by atoms with van der Waals surface area (Å²) in [4.78, 5) is 22.8. The summed E-state index contributed by atoms with van der Waals surface area (Å²) in [6.07, 6.45) is -2.96. The van der Waals surface area contributed by atoms with Crippen molar-refractivity contribution in [1.29, 1.82) is 5.41 Å². The van der Waals surface area contributed by atoms with E-state index in [1.54, 1.807) is 6.92 Å². The van der Waals surface area contributed by atoms with Gasteiger partial charge >= 0.3 is 11.9 Å². The fourth-order valence-corrected chi connectivity index (χ4v) is 2.60. The van der Waals surface area contributed by atoms with Crippen LogP contribution in [0.5, 0.6) is 0 Å². The van der Waals surface area contributed by atoms with E-state index in [-0.39, 0.29) is 12.0 Å². The number of rotatable bonds is 4. The summed E-state index contributed by atoms with van der Waals surface area (Å²) in [6, 6.07) is 0. The molecule has 1 saturated heterocycles. The molecule has 1 aliphatic heterocycles. The molecule has 1 aliphatic rings. The Balaban J connectivity index is 3.12. The third-order valence-corrected chi connectivity index (χ3v) is 4.02. The maximum atomic E-state index is 11.4. The number of nitrogens with one attached hydrogen (secondary N) is 1. The first-order chi connectivity index (χ1) is 11.0. The van der Waals surface area contributed by atoms with Gasteiger partial charge in [0.2, 0.25) is 18.3 Å². The van der Waals surface area contributed by atoms with Gasteiger partial charge in [0.1, 0.15) is 6.10 Å². The fourth-order valence-electron chi connectivity index (χ4n) is 2.47. The SMILES string of the molecule is CC[C@H]1O[C@@H](OC(=N)C(Cl)(Cl)Cl)[C@H](OC(C)=O)[C@@H](OC(C)=O)[C@@H]1C. The Labute approximate surface area is 155 Å². The maximum Gasteiger partial charge on any atom is 0.303 e. The zero-order chi connectivity index (χ0) is 18.7. The van der Waals surface area contributed by atoms with E-state index < -0.39 is 40.1 Å². The molecule has 10 heteroatoms. The van der Waals surface area contributed by atoms with Crippen LogP contribution in [0, 0.1) is 11.3 Å². The number of esters is 2. The van der Waals surface area contributed by atoms with Crippen LogP contribution in [-0.4, -0.2) is 46.2 Å². The van der Waals surface area contributed by atoms with E-state index in [0.29, 0.717) is 6.42 Å². The van der Waals surface area contributed by atoms with Gasteiger partial charge in [0.25, 0.3) is 3.79 Å². The van der Waals surface area contributed by atoms with Crippen LogP contribution in [0.15, 0.2) is 0 Å². The molecule has 0 spiro atoms. The van der Waals surface area contributed by atoms with Gasteiger partial charge in [-0.05, 0) is 6.42 Å². The molecule has 0 bridgehead atoms. The molecule has 0 aromatic carbocycles. The van der Waals surface area contributed by atoms with Gasteiger partial charge in [-0.15, -0.1) is 0 Å². The Hall–Kier alpha value is -0.760. The Kier molecular flexibility index (Phi) is 7.59.